The zero-order valence-corrected chi connectivity index (χ0v) is 15.9. The van der Waals surface area contributed by atoms with E-state index in [4.69, 9.17) is 12.2 Å². The van der Waals surface area contributed by atoms with E-state index in [9.17, 15) is 4.79 Å². The number of benzene rings is 1. The number of hydrogen-bond acceptors (Lipinski definition) is 3. The average Bonchev–Trinajstić information content (AvgIpc) is 2.58. The van der Waals surface area contributed by atoms with E-state index in [0.29, 0.717) is 10.7 Å². The van der Waals surface area contributed by atoms with Gasteiger partial charge >= 0.3 is 0 Å². The second-order valence-corrected chi connectivity index (χ2v) is 6.27. The molecule has 0 radical (unpaired) electrons. The molecule has 0 spiro atoms. The van der Waals surface area contributed by atoms with E-state index in [1.54, 1.807) is 0 Å². The van der Waals surface area contributed by atoms with Gasteiger partial charge in [-0.3, -0.25) is 15.6 Å². The number of quaternary nitrogens is 1. The van der Waals surface area contributed by atoms with Crippen LogP contribution in [0.2, 0.25) is 0 Å². The Bertz CT molecular complexity index is 514. The summed E-state index contributed by atoms with van der Waals surface area (Å²) < 4.78 is 0. The minimum absolute atomic E-state index is 0.206. The third-order valence-corrected chi connectivity index (χ3v) is 3.93. The highest BCUT2D eigenvalue weighted by atomic mass is 32.1. The minimum Gasteiger partial charge on any atom is -0.372 e. The van der Waals surface area contributed by atoms with Gasteiger partial charge in [0.2, 0.25) is 0 Å². The summed E-state index contributed by atoms with van der Waals surface area (Å²) in [4.78, 5) is 15.7. The first-order valence-corrected chi connectivity index (χ1v) is 8.87. The highest BCUT2D eigenvalue weighted by molar-refractivity contribution is 7.80. The summed E-state index contributed by atoms with van der Waals surface area (Å²) in [7, 11) is 4.23. The number of nitrogens with zero attached hydrogens (tertiary/aromatic N) is 1. The molecule has 1 rings (SSSR count). The lowest BCUT2D eigenvalue weighted by molar-refractivity contribution is -0.858. The molecule has 1 aromatic rings. The highest BCUT2D eigenvalue weighted by Gasteiger charge is 2.07. The quantitative estimate of drug-likeness (QED) is 0.305. The largest absolute Gasteiger partial charge is 0.372 e. The van der Waals surface area contributed by atoms with E-state index >= 15 is 0 Å². The Hall–Kier alpha value is -1.86. The Balaban J connectivity index is 2.38. The molecule has 1 amide bonds. The molecule has 134 valence electrons. The number of carbonyl (C=O) groups excluding carboxylic acids is 1. The Labute approximate surface area is 150 Å². The van der Waals surface area contributed by atoms with Gasteiger partial charge in [0.1, 0.15) is 0 Å². The third-order valence-electron chi connectivity index (χ3n) is 3.69. The van der Waals surface area contributed by atoms with E-state index in [0.717, 1.165) is 38.3 Å². The standard InChI is InChI=1S/C17H29N5OS/c1-5-22(6-2)15-10-8-14(9-11-15)16(23)19-20-17(24)18-12-7-13-21(3)4/h8-11H,5-7,12-13H2,1-4H3,(H,19,23)(H2,18,20,24)/p+1. The summed E-state index contributed by atoms with van der Waals surface area (Å²) in [5.74, 6) is -0.206. The average molecular weight is 353 g/mol. The lowest BCUT2D eigenvalue weighted by Crippen LogP contribution is -3.05. The van der Waals surface area contributed by atoms with Crippen LogP contribution in [0.15, 0.2) is 24.3 Å². The van der Waals surface area contributed by atoms with Crippen molar-refractivity contribution in [3.05, 3.63) is 29.8 Å². The summed E-state index contributed by atoms with van der Waals surface area (Å²) in [6.07, 6.45) is 1.02. The molecule has 24 heavy (non-hydrogen) atoms. The van der Waals surface area contributed by atoms with Gasteiger partial charge in [-0.2, -0.15) is 0 Å². The maximum absolute atomic E-state index is 12.1. The topological polar surface area (TPSA) is 60.8 Å². The Morgan fingerprint density at radius 2 is 1.75 bits per heavy atom. The van der Waals surface area contributed by atoms with Crippen molar-refractivity contribution in [1.29, 1.82) is 0 Å². The molecule has 4 N–H and O–H groups in total. The number of hydrazine groups is 1. The van der Waals surface area contributed by atoms with Gasteiger partial charge < -0.3 is 15.1 Å². The smallest absolute Gasteiger partial charge is 0.269 e. The van der Waals surface area contributed by atoms with Gasteiger partial charge in [-0.05, 0) is 50.3 Å². The zero-order chi connectivity index (χ0) is 17.9. The second kappa shape index (κ2) is 10.8. The van der Waals surface area contributed by atoms with E-state index in [-0.39, 0.29) is 5.91 Å². The van der Waals surface area contributed by atoms with Crippen molar-refractivity contribution in [2.75, 3.05) is 45.2 Å². The van der Waals surface area contributed by atoms with E-state index < -0.39 is 0 Å². The maximum atomic E-state index is 12.1. The molecule has 0 fully saturated rings. The number of amides is 1. The van der Waals surface area contributed by atoms with Crippen molar-refractivity contribution in [2.45, 2.75) is 20.3 Å². The summed E-state index contributed by atoms with van der Waals surface area (Å²) in [5.41, 5.74) is 7.06. The summed E-state index contributed by atoms with van der Waals surface area (Å²) >= 11 is 5.14. The van der Waals surface area contributed by atoms with Gasteiger partial charge in [0.25, 0.3) is 5.91 Å². The third kappa shape index (κ3) is 7.14. The van der Waals surface area contributed by atoms with Crippen LogP contribution in [0.3, 0.4) is 0 Å². The molecule has 0 aliphatic carbocycles. The van der Waals surface area contributed by atoms with Gasteiger partial charge in [-0.25, -0.2) is 0 Å². The van der Waals surface area contributed by atoms with Crippen LogP contribution in [0.25, 0.3) is 0 Å². The maximum Gasteiger partial charge on any atom is 0.269 e. The molecule has 0 saturated heterocycles. The number of anilines is 1. The predicted octanol–water partition coefficient (Wildman–Crippen LogP) is 0.176. The molecule has 6 nitrogen and oxygen atoms in total. The van der Waals surface area contributed by atoms with Crippen LogP contribution in [0.1, 0.15) is 30.6 Å². The fraction of sp³-hybridized carbons (Fsp3) is 0.529. The van der Waals surface area contributed by atoms with Crippen LogP contribution in [0.4, 0.5) is 5.69 Å². The van der Waals surface area contributed by atoms with Gasteiger partial charge in [-0.1, -0.05) is 0 Å². The molecule has 0 aliphatic rings. The van der Waals surface area contributed by atoms with Gasteiger partial charge in [0.05, 0.1) is 20.6 Å². The number of rotatable bonds is 8. The lowest BCUT2D eigenvalue weighted by atomic mass is 10.2. The molecular weight excluding hydrogens is 322 g/mol. The molecule has 0 bridgehead atoms. The molecule has 0 atom stereocenters. The lowest BCUT2D eigenvalue weighted by Gasteiger charge is -2.21. The fourth-order valence-corrected chi connectivity index (χ4v) is 2.44. The van der Waals surface area contributed by atoms with Crippen LogP contribution in [0, 0.1) is 0 Å². The Morgan fingerprint density at radius 3 is 2.29 bits per heavy atom. The minimum atomic E-state index is -0.206. The van der Waals surface area contributed by atoms with E-state index in [1.807, 2.05) is 24.3 Å². The normalized spacial score (nSPS) is 10.4. The fourth-order valence-electron chi connectivity index (χ4n) is 2.29. The number of carbonyl (C=O) groups is 1. The molecule has 0 aliphatic heterocycles. The number of hydrogen-bond donors (Lipinski definition) is 4. The molecule has 1 aromatic carbocycles. The van der Waals surface area contributed by atoms with Crippen LogP contribution in [-0.2, 0) is 0 Å². The summed E-state index contributed by atoms with van der Waals surface area (Å²) in [5, 5.41) is 3.50. The van der Waals surface area contributed by atoms with E-state index in [1.165, 1.54) is 4.90 Å². The number of thiocarbonyl (C=S) groups is 1. The summed E-state index contributed by atoms with van der Waals surface area (Å²) in [6, 6.07) is 7.56. The monoisotopic (exact) mass is 352 g/mol. The van der Waals surface area contributed by atoms with Crippen molar-refractivity contribution in [2.24, 2.45) is 0 Å². The number of nitrogens with one attached hydrogen (secondary N) is 4. The van der Waals surface area contributed by atoms with Crippen LogP contribution < -0.4 is 26.0 Å². The molecule has 0 aromatic heterocycles. The second-order valence-electron chi connectivity index (χ2n) is 5.86. The molecule has 0 saturated carbocycles. The molecule has 0 heterocycles. The van der Waals surface area contributed by atoms with Crippen LogP contribution in [-0.4, -0.2) is 51.3 Å². The SMILES string of the molecule is CCN(CC)c1ccc(C(=O)NNC(=S)NCCC[NH+](C)C)cc1. The molecular formula is C17H30N5OS+. The van der Waals surface area contributed by atoms with Gasteiger partial charge in [0.15, 0.2) is 5.11 Å². The Morgan fingerprint density at radius 1 is 1.12 bits per heavy atom. The first kappa shape index (κ1) is 20.2. The van der Waals surface area contributed by atoms with Crippen molar-refractivity contribution in [1.82, 2.24) is 16.2 Å². The van der Waals surface area contributed by atoms with Crippen molar-refractivity contribution >= 4 is 28.9 Å². The molecule has 0 unspecified atom stereocenters. The first-order valence-electron chi connectivity index (χ1n) is 8.46. The van der Waals surface area contributed by atoms with Gasteiger partial charge in [-0.15, -0.1) is 0 Å². The van der Waals surface area contributed by atoms with Crippen LogP contribution in [0.5, 0.6) is 0 Å². The van der Waals surface area contributed by atoms with E-state index in [2.05, 4.69) is 49.0 Å². The highest BCUT2D eigenvalue weighted by Crippen LogP contribution is 2.14. The Kier molecular flexibility index (Phi) is 9.11. The summed E-state index contributed by atoms with van der Waals surface area (Å²) in [6.45, 7) is 7.97. The van der Waals surface area contributed by atoms with Crippen LogP contribution >= 0.6 is 12.2 Å². The van der Waals surface area contributed by atoms with Gasteiger partial charge in [0, 0.05) is 37.3 Å². The zero-order valence-electron chi connectivity index (χ0n) is 15.1. The molecule has 7 heteroatoms. The van der Waals surface area contributed by atoms with Crippen molar-refractivity contribution in [3.63, 3.8) is 0 Å². The van der Waals surface area contributed by atoms with Crippen molar-refractivity contribution in [3.8, 4) is 0 Å². The van der Waals surface area contributed by atoms with Crippen molar-refractivity contribution < 1.29 is 9.69 Å². The predicted molar refractivity (Wildman–Crippen MR) is 104 cm³/mol. The first-order chi connectivity index (χ1) is 11.5.